The zero-order valence-corrected chi connectivity index (χ0v) is 17.7. The van der Waals surface area contributed by atoms with E-state index in [1.54, 1.807) is 19.1 Å². The minimum absolute atomic E-state index is 0.0977. The van der Waals surface area contributed by atoms with Crippen molar-refractivity contribution in [2.24, 2.45) is 0 Å². The van der Waals surface area contributed by atoms with E-state index in [-0.39, 0.29) is 6.42 Å². The van der Waals surface area contributed by atoms with Crippen molar-refractivity contribution in [2.45, 2.75) is 38.1 Å². The summed E-state index contributed by atoms with van der Waals surface area (Å²) in [5, 5.41) is 3.92. The number of aryl methyl sites for hydroxylation is 2. The number of nitrogens with one attached hydrogen (secondary N) is 2. The minimum atomic E-state index is -1.07. The lowest BCUT2D eigenvalue weighted by atomic mass is 9.93. The van der Waals surface area contributed by atoms with Gasteiger partial charge in [0.05, 0.1) is 12.1 Å². The van der Waals surface area contributed by atoms with Gasteiger partial charge < -0.3 is 10.1 Å². The molecule has 1 heterocycles. The average Bonchev–Trinajstić information content (AvgIpc) is 2.95. The fraction of sp³-hybridized carbons (Fsp3) is 0.318. The Morgan fingerprint density at radius 2 is 1.87 bits per heavy atom. The number of hydrogen-bond acceptors (Lipinski definition) is 4. The first-order valence-corrected chi connectivity index (χ1v) is 10.0. The van der Waals surface area contributed by atoms with Gasteiger partial charge >= 0.3 is 6.03 Å². The molecule has 1 saturated heterocycles. The van der Waals surface area contributed by atoms with Crippen LogP contribution in [0, 0.1) is 0 Å². The molecule has 1 aliphatic rings. The second-order valence-electron chi connectivity index (χ2n) is 7.39. The number of amides is 4. The second-order valence-corrected chi connectivity index (χ2v) is 7.80. The zero-order valence-electron chi connectivity index (χ0n) is 16.9. The lowest BCUT2D eigenvalue weighted by Gasteiger charge is -2.21. The van der Waals surface area contributed by atoms with Crippen molar-refractivity contribution in [1.82, 2.24) is 15.8 Å². The highest BCUT2D eigenvalue weighted by Crippen LogP contribution is 2.25. The lowest BCUT2D eigenvalue weighted by Crippen LogP contribution is -2.49. The number of methoxy groups -OCH3 is 1. The molecule has 0 aliphatic carbocycles. The van der Waals surface area contributed by atoms with Crippen molar-refractivity contribution >= 4 is 29.4 Å². The van der Waals surface area contributed by atoms with Crippen LogP contribution in [0.25, 0.3) is 0 Å². The highest BCUT2D eigenvalue weighted by atomic mass is 35.5. The standard InChI is InChI=1S/C22H24ClN3O4/c1-22(13-12-15-6-4-3-5-7-15)20(28)26(21(29)24-22)25-19(27)11-9-16-8-10-18(30-2)17(23)14-16/h3-8,10,14H,9,11-13H2,1-2H3,(H,24,29)(H,25,27). The Morgan fingerprint density at radius 3 is 2.53 bits per heavy atom. The summed E-state index contributed by atoms with van der Waals surface area (Å²) in [4.78, 5) is 37.4. The van der Waals surface area contributed by atoms with Crippen LogP contribution in [0.15, 0.2) is 48.5 Å². The third kappa shape index (κ3) is 4.91. The SMILES string of the molecule is COc1ccc(CCC(=O)NN2C(=O)NC(C)(CCc3ccccc3)C2=O)cc1Cl. The van der Waals surface area contributed by atoms with Crippen LogP contribution in [0.4, 0.5) is 4.79 Å². The maximum absolute atomic E-state index is 12.8. The summed E-state index contributed by atoms with van der Waals surface area (Å²) in [5.74, 6) is -0.346. The van der Waals surface area contributed by atoms with Gasteiger partial charge in [0.1, 0.15) is 11.3 Å². The number of hydrazine groups is 1. The molecule has 158 valence electrons. The summed E-state index contributed by atoms with van der Waals surface area (Å²) in [6, 6.07) is 14.3. The van der Waals surface area contributed by atoms with Crippen LogP contribution in [0.1, 0.15) is 30.9 Å². The van der Waals surface area contributed by atoms with Crippen molar-refractivity contribution in [3.63, 3.8) is 0 Å². The molecular weight excluding hydrogens is 406 g/mol. The van der Waals surface area contributed by atoms with Crippen LogP contribution < -0.4 is 15.5 Å². The predicted molar refractivity (Wildman–Crippen MR) is 113 cm³/mol. The number of halogens is 1. The number of nitrogens with zero attached hydrogens (tertiary/aromatic N) is 1. The second kappa shape index (κ2) is 9.17. The first kappa shape index (κ1) is 21.6. The molecule has 1 unspecified atom stereocenters. The van der Waals surface area contributed by atoms with E-state index in [4.69, 9.17) is 16.3 Å². The Balaban J connectivity index is 1.55. The maximum atomic E-state index is 12.8. The molecule has 30 heavy (non-hydrogen) atoms. The number of carbonyl (C=O) groups is 3. The van der Waals surface area contributed by atoms with Gasteiger partial charge in [-0.1, -0.05) is 48.0 Å². The van der Waals surface area contributed by atoms with Crippen LogP contribution in [-0.2, 0) is 22.4 Å². The Hall–Kier alpha value is -3.06. The number of benzene rings is 2. The van der Waals surface area contributed by atoms with Gasteiger partial charge in [-0.15, -0.1) is 0 Å². The van der Waals surface area contributed by atoms with Gasteiger partial charge in [0.25, 0.3) is 5.91 Å². The molecule has 2 aromatic rings. The van der Waals surface area contributed by atoms with Crippen molar-refractivity contribution in [2.75, 3.05) is 7.11 Å². The molecule has 0 aromatic heterocycles. The van der Waals surface area contributed by atoms with Crippen molar-refractivity contribution in [3.05, 3.63) is 64.7 Å². The molecule has 1 aliphatic heterocycles. The van der Waals surface area contributed by atoms with Crippen molar-refractivity contribution in [3.8, 4) is 5.75 Å². The maximum Gasteiger partial charge on any atom is 0.344 e. The number of urea groups is 1. The molecule has 0 radical (unpaired) electrons. The number of ether oxygens (including phenoxy) is 1. The summed E-state index contributed by atoms with van der Waals surface area (Å²) in [5.41, 5.74) is 3.27. The number of imide groups is 1. The van der Waals surface area contributed by atoms with Gasteiger partial charge in [0.15, 0.2) is 0 Å². The normalized spacial score (nSPS) is 18.3. The predicted octanol–water partition coefficient (Wildman–Crippen LogP) is 3.26. The third-order valence-electron chi connectivity index (χ3n) is 5.11. The first-order valence-electron chi connectivity index (χ1n) is 9.65. The number of carbonyl (C=O) groups excluding carboxylic acids is 3. The quantitative estimate of drug-likeness (QED) is 0.630. The highest BCUT2D eigenvalue weighted by molar-refractivity contribution is 6.32. The lowest BCUT2D eigenvalue weighted by molar-refractivity contribution is -0.138. The highest BCUT2D eigenvalue weighted by Gasteiger charge is 2.48. The number of rotatable bonds is 8. The van der Waals surface area contributed by atoms with E-state index in [0.29, 0.717) is 30.0 Å². The van der Waals surface area contributed by atoms with Crippen LogP contribution in [-0.4, -0.2) is 35.5 Å². The zero-order chi connectivity index (χ0) is 21.7. The largest absolute Gasteiger partial charge is 0.495 e. The summed E-state index contributed by atoms with van der Waals surface area (Å²) < 4.78 is 5.11. The van der Waals surface area contributed by atoms with E-state index in [0.717, 1.165) is 16.1 Å². The van der Waals surface area contributed by atoms with Gasteiger partial charge in [-0.25, -0.2) is 4.79 Å². The monoisotopic (exact) mass is 429 g/mol. The molecule has 2 aromatic carbocycles. The van der Waals surface area contributed by atoms with Crippen LogP contribution >= 0.6 is 11.6 Å². The molecule has 8 heteroatoms. The summed E-state index contributed by atoms with van der Waals surface area (Å²) in [6.07, 6.45) is 1.56. The molecule has 1 fully saturated rings. The first-order chi connectivity index (χ1) is 14.3. The van der Waals surface area contributed by atoms with Gasteiger partial charge in [-0.05, 0) is 49.4 Å². The summed E-state index contributed by atoms with van der Waals surface area (Å²) in [7, 11) is 1.53. The van der Waals surface area contributed by atoms with Gasteiger partial charge in [0.2, 0.25) is 5.91 Å². The van der Waals surface area contributed by atoms with E-state index in [9.17, 15) is 14.4 Å². The Kier molecular flexibility index (Phi) is 6.62. The van der Waals surface area contributed by atoms with E-state index >= 15 is 0 Å². The van der Waals surface area contributed by atoms with E-state index in [1.807, 2.05) is 36.4 Å². The fourth-order valence-corrected chi connectivity index (χ4v) is 3.58. The van der Waals surface area contributed by atoms with Crippen molar-refractivity contribution in [1.29, 1.82) is 0 Å². The third-order valence-corrected chi connectivity index (χ3v) is 5.41. The van der Waals surface area contributed by atoms with E-state index < -0.39 is 23.4 Å². The van der Waals surface area contributed by atoms with Crippen LogP contribution in [0.2, 0.25) is 5.02 Å². The molecule has 1 atom stereocenters. The van der Waals surface area contributed by atoms with Crippen molar-refractivity contribution < 1.29 is 19.1 Å². The minimum Gasteiger partial charge on any atom is -0.495 e. The van der Waals surface area contributed by atoms with Gasteiger partial charge in [-0.3, -0.25) is 15.0 Å². The van der Waals surface area contributed by atoms with E-state index in [2.05, 4.69) is 10.7 Å². The Bertz CT molecular complexity index is 951. The van der Waals surface area contributed by atoms with Gasteiger partial charge in [0, 0.05) is 6.42 Å². The molecular formula is C22H24ClN3O4. The van der Waals surface area contributed by atoms with Crippen LogP contribution in [0.5, 0.6) is 5.75 Å². The summed E-state index contributed by atoms with van der Waals surface area (Å²) >= 11 is 6.09. The molecule has 2 N–H and O–H groups in total. The van der Waals surface area contributed by atoms with Gasteiger partial charge in [-0.2, -0.15) is 5.01 Å². The summed E-state index contributed by atoms with van der Waals surface area (Å²) in [6.45, 7) is 1.67. The average molecular weight is 430 g/mol. The molecule has 3 rings (SSSR count). The fourth-order valence-electron chi connectivity index (χ4n) is 3.30. The topological polar surface area (TPSA) is 87.7 Å². The molecule has 0 spiro atoms. The smallest absolute Gasteiger partial charge is 0.344 e. The number of hydrogen-bond donors (Lipinski definition) is 2. The van der Waals surface area contributed by atoms with Crippen LogP contribution in [0.3, 0.4) is 0 Å². The Morgan fingerprint density at radius 1 is 1.13 bits per heavy atom. The molecule has 7 nitrogen and oxygen atoms in total. The Labute approximate surface area is 180 Å². The molecule has 0 bridgehead atoms. The molecule has 0 saturated carbocycles. The van der Waals surface area contributed by atoms with E-state index in [1.165, 1.54) is 7.11 Å². The molecule has 4 amide bonds.